The summed E-state index contributed by atoms with van der Waals surface area (Å²) in [7, 11) is 4.44. The monoisotopic (exact) mass is 254 g/mol. The molecular formula is C15H30N2O. The van der Waals surface area contributed by atoms with Gasteiger partial charge >= 0.3 is 0 Å². The summed E-state index contributed by atoms with van der Waals surface area (Å²) in [5.41, 5.74) is 0. The number of rotatable bonds is 2. The van der Waals surface area contributed by atoms with Gasteiger partial charge in [0.15, 0.2) is 0 Å². The summed E-state index contributed by atoms with van der Waals surface area (Å²) >= 11 is 0. The van der Waals surface area contributed by atoms with Crippen LogP contribution >= 0.6 is 0 Å². The first kappa shape index (κ1) is 14.3. The Morgan fingerprint density at radius 1 is 1.22 bits per heavy atom. The topological polar surface area (TPSA) is 26.7 Å². The Balaban J connectivity index is 2.00. The molecular weight excluding hydrogens is 224 g/mol. The van der Waals surface area contributed by atoms with Gasteiger partial charge in [0.1, 0.15) is 0 Å². The highest BCUT2D eigenvalue weighted by Gasteiger charge is 2.38. The van der Waals surface area contributed by atoms with Gasteiger partial charge in [-0.25, -0.2) is 0 Å². The van der Waals surface area contributed by atoms with Crippen molar-refractivity contribution in [3.63, 3.8) is 0 Å². The third-order valence-corrected chi connectivity index (χ3v) is 5.04. The third kappa shape index (κ3) is 3.06. The van der Waals surface area contributed by atoms with E-state index in [1.807, 2.05) is 0 Å². The molecule has 3 heteroatoms. The summed E-state index contributed by atoms with van der Waals surface area (Å²) in [5, 5.41) is 10.4. The molecule has 106 valence electrons. The molecule has 0 bridgehead atoms. The first-order valence-corrected chi connectivity index (χ1v) is 7.57. The van der Waals surface area contributed by atoms with E-state index in [2.05, 4.69) is 37.7 Å². The molecule has 0 spiro atoms. The van der Waals surface area contributed by atoms with Crippen LogP contribution in [0.4, 0.5) is 0 Å². The maximum atomic E-state index is 10.4. The van der Waals surface area contributed by atoms with Gasteiger partial charge < -0.3 is 10.0 Å². The molecule has 5 atom stereocenters. The van der Waals surface area contributed by atoms with Crippen molar-refractivity contribution in [3.05, 3.63) is 0 Å². The maximum absolute atomic E-state index is 10.4. The zero-order chi connectivity index (χ0) is 13.3. The van der Waals surface area contributed by atoms with Crippen molar-refractivity contribution in [3.8, 4) is 0 Å². The Bertz CT molecular complexity index is 259. The molecule has 1 heterocycles. The second kappa shape index (κ2) is 5.89. The zero-order valence-electron chi connectivity index (χ0n) is 12.5. The lowest BCUT2D eigenvalue weighted by atomic mass is 9.76. The molecule has 0 radical (unpaired) electrons. The minimum absolute atomic E-state index is 0.138. The van der Waals surface area contributed by atoms with Gasteiger partial charge in [0.05, 0.1) is 6.10 Å². The van der Waals surface area contributed by atoms with Crippen LogP contribution < -0.4 is 0 Å². The summed E-state index contributed by atoms with van der Waals surface area (Å²) in [6, 6.07) is 0.983. The van der Waals surface area contributed by atoms with Crippen molar-refractivity contribution in [2.45, 2.75) is 57.7 Å². The van der Waals surface area contributed by atoms with Crippen LogP contribution in [0.1, 0.15) is 39.5 Å². The molecule has 3 nitrogen and oxygen atoms in total. The quantitative estimate of drug-likeness (QED) is 0.814. The fourth-order valence-corrected chi connectivity index (χ4v) is 4.19. The predicted molar refractivity (Wildman–Crippen MR) is 75.6 cm³/mol. The normalized spacial score (nSPS) is 43.3. The highest BCUT2D eigenvalue weighted by Crippen LogP contribution is 2.33. The second-order valence-corrected chi connectivity index (χ2v) is 6.84. The van der Waals surface area contributed by atoms with Gasteiger partial charge in [-0.2, -0.15) is 0 Å². The smallest absolute Gasteiger partial charge is 0.0700 e. The average molecular weight is 254 g/mol. The van der Waals surface area contributed by atoms with Gasteiger partial charge in [0.2, 0.25) is 0 Å². The van der Waals surface area contributed by atoms with Gasteiger partial charge in [0, 0.05) is 18.6 Å². The Morgan fingerprint density at radius 3 is 2.56 bits per heavy atom. The molecule has 1 aliphatic carbocycles. The van der Waals surface area contributed by atoms with E-state index < -0.39 is 0 Å². The lowest BCUT2D eigenvalue weighted by Gasteiger charge is -2.47. The summed E-state index contributed by atoms with van der Waals surface area (Å²) in [6.45, 7) is 6.96. The van der Waals surface area contributed by atoms with E-state index in [0.717, 1.165) is 13.0 Å². The summed E-state index contributed by atoms with van der Waals surface area (Å²) in [5.74, 6) is 1.29. The van der Waals surface area contributed by atoms with Crippen LogP contribution in [-0.4, -0.2) is 60.3 Å². The minimum Gasteiger partial charge on any atom is -0.391 e. The van der Waals surface area contributed by atoms with Crippen molar-refractivity contribution in [1.29, 1.82) is 0 Å². The van der Waals surface area contributed by atoms with Crippen LogP contribution in [0.25, 0.3) is 0 Å². The van der Waals surface area contributed by atoms with Gasteiger partial charge in [-0.05, 0) is 58.2 Å². The molecule has 18 heavy (non-hydrogen) atoms. The number of likely N-dealkylation sites (N-methyl/N-ethyl adjacent to an activating group) is 2. The van der Waals surface area contributed by atoms with Crippen molar-refractivity contribution in [2.24, 2.45) is 11.8 Å². The molecule has 2 aliphatic rings. The highest BCUT2D eigenvalue weighted by atomic mass is 16.3. The number of aliphatic hydroxyl groups is 1. The van der Waals surface area contributed by atoms with Crippen LogP contribution in [0.15, 0.2) is 0 Å². The van der Waals surface area contributed by atoms with E-state index in [-0.39, 0.29) is 6.10 Å². The van der Waals surface area contributed by atoms with Crippen LogP contribution in [0, 0.1) is 11.8 Å². The van der Waals surface area contributed by atoms with E-state index in [0.29, 0.717) is 23.9 Å². The SMILES string of the molecule is CC1CC(C)C(N(C)C2CCCN(C)C2)C(O)C1. The molecule has 0 amide bonds. The highest BCUT2D eigenvalue weighted by molar-refractivity contribution is 4.92. The summed E-state index contributed by atoms with van der Waals surface area (Å²) < 4.78 is 0. The molecule has 1 saturated heterocycles. The van der Waals surface area contributed by atoms with E-state index in [1.165, 1.54) is 25.8 Å². The second-order valence-electron chi connectivity index (χ2n) is 6.84. The summed E-state index contributed by atoms with van der Waals surface area (Å²) in [4.78, 5) is 4.91. The molecule has 1 aliphatic heterocycles. The number of piperidine rings is 1. The lowest BCUT2D eigenvalue weighted by Crippen LogP contribution is -2.56. The van der Waals surface area contributed by atoms with Gasteiger partial charge in [-0.3, -0.25) is 4.90 Å². The van der Waals surface area contributed by atoms with Gasteiger partial charge in [-0.15, -0.1) is 0 Å². The Kier molecular flexibility index (Phi) is 4.68. The van der Waals surface area contributed by atoms with E-state index in [1.54, 1.807) is 0 Å². The molecule has 2 rings (SSSR count). The van der Waals surface area contributed by atoms with E-state index >= 15 is 0 Å². The minimum atomic E-state index is -0.138. The maximum Gasteiger partial charge on any atom is 0.0700 e. The van der Waals surface area contributed by atoms with Crippen molar-refractivity contribution < 1.29 is 5.11 Å². The number of nitrogens with zero attached hydrogens (tertiary/aromatic N) is 2. The first-order chi connectivity index (χ1) is 8.49. The standard InChI is InChI=1S/C15H30N2O/c1-11-8-12(2)15(14(18)9-11)17(4)13-6-5-7-16(3)10-13/h11-15,18H,5-10H2,1-4H3. The van der Waals surface area contributed by atoms with Crippen molar-refractivity contribution in [2.75, 3.05) is 27.2 Å². The average Bonchev–Trinajstić information content (AvgIpc) is 2.27. The number of aliphatic hydroxyl groups excluding tert-OH is 1. The Hall–Kier alpha value is -0.120. The van der Waals surface area contributed by atoms with E-state index in [9.17, 15) is 5.11 Å². The van der Waals surface area contributed by atoms with Gasteiger partial charge in [0.25, 0.3) is 0 Å². The molecule has 0 aromatic rings. The summed E-state index contributed by atoms with van der Waals surface area (Å²) in [6.07, 6.45) is 4.67. The Labute approximate surface area is 112 Å². The van der Waals surface area contributed by atoms with Crippen LogP contribution in [0.2, 0.25) is 0 Å². The molecule has 0 aromatic carbocycles. The van der Waals surface area contributed by atoms with Crippen LogP contribution in [-0.2, 0) is 0 Å². The van der Waals surface area contributed by atoms with Crippen LogP contribution in [0.3, 0.4) is 0 Å². The van der Waals surface area contributed by atoms with Crippen molar-refractivity contribution >= 4 is 0 Å². The molecule has 2 fully saturated rings. The van der Waals surface area contributed by atoms with E-state index in [4.69, 9.17) is 0 Å². The molecule has 0 aromatic heterocycles. The largest absolute Gasteiger partial charge is 0.391 e. The molecule has 5 unspecified atom stereocenters. The molecule has 1 saturated carbocycles. The fourth-order valence-electron chi connectivity index (χ4n) is 4.19. The lowest BCUT2D eigenvalue weighted by molar-refractivity contribution is -0.0403. The Morgan fingerprint density at radius 2 is 1.94 bits per heavy atom. The first-order valence-electron chi connectivity index (χ1n) is 7.57. The zero-order valence-corrected chi connectivity index (χ0v) is 12.5. The number of likely N-dealkylation sites (tertiary alicyclic amines) is 1. The number of hydrogen-bond donors (Lipinski definition) is 1. The molecule has 1 N–H and O–H groups in total. The third-order valence-electron chi connectivity index (χ3n) is 5.04. The fraction of sp³-hybridized carbons (Fsp3) is 1.00. The van der Waals surface area contributed by atoms with Crippen LogP contribution in [0.5, 0.6) is 0 Å². The predicted octanol–water partition coefficient (Wildman–Crippen LogP) is 1.81. The van der Waals surface area contributed by atoms with Crippen molar-refractivity contribution in [1.82, 2.24) is 9.80 Å². The van der Waals surface area contributed by atoms with Gasteiger partial charge in [-0.1, -0.05) is 13.8 Å². The number of hydrogen-bond acceptors (Lipinski definition) is 3.